The van der Waals surface area contributed by atoms with Crippen LogP contribution in [0.5, 0.6) is 0 Å². The number of anilines is 1. The number of para-hydroxylation sites is 1. The molecule has 17 heavy (non-hydrogen) atoms. The number of thiophene rings is 1. The van der Waals surface area contributed by atoms with E-state index in [1.807, 2.05) is 34.5 Å². The molecule has 1 aromatic heterocycles. The average molecular weight is 355 g/mol. The van der Waals surface area contributed by atoms with Crippen molar-refractivity contribution in [3.63, 3.8) is 0 Å². The number of hydrogen-bond donors (Lipinski definition) is 0. The van der Waals surface area contributed by atoms with Crippen LogP contribution < -0.4 is 4.90 Å². The van der Waals surface area contributed by atoms with Crippen LogP contribution in [0.15, 0.2) is 35.7 Å². The highest BCUT2D eigenvalue weighted by atomic mass is 127. The van der Waals surface area contributed by atoms with Gasteiger partial charge in [0.25, 0.3) is 5.91 Å². The van der Waals surface area contributed by atoms with E-state index < -0.39 is 0 Å². The Bertz CT molecular complexity index is 578. The molecule has 1 aliphatic rings. The van der Waals surface area contributed by atoms with Gasteiger partial charge in [-0.05, 0) is 46.7 Å². The average Bonchev–Trinajstić information content (AvgIpc) is 2.94. The number of rotatable bonds is 1. The fourth-order valence-corrected chi connectivity index (χ4v) is 3.45. The molecule has 0 radical (unpaired) electrons. The first-order valence-corrected chi connectivity index (χ1v) is 7.35. The van der Waals surface area contributed by atoms with Gasteiger partial charge in [-0.2, -0.15) is 0 Å². The van der Waals surface area contributed by atoms with Gasteiger partial charge in [-0.1, -0.05) is 18.2 Å². The predicted octanol–water partition coefficient (Wildman–Crippen LogP) is 3.56. The molecule has 0 bridgehead atoms. The lowest BCUT2D eigenvalue weighted by Crippen LogP contribution is -2.28. The Morgan fingerprint density at radius 2 is 2.18 bits per heavy atom. The summed E-state index contributed by atoms with van der Waals surface area (Å²) in [5, 5.41) is 1.94. The van der Waals surface area contributed by atoms with Gasteiger partial charge in [0, 0.05) is 17.6 Å². The number of hydrogen-bond acceptors (Lipinski definition) is 2. The quantitative estimate of drug-likeness (QED) is 0.717. The van der Waals surface area contributed by atoms with E-state index in [1.54, 1.807) is 11.3 Å². The summed E-state index contributed by atoms with van der Waals surface area (Å²) >= 11 is 3.86. The molecular formula is C13H10INOS. The zero-order valence-corrected chi connectivity index (χ0v) is 12.0. The number of carbonyl (C=O) groups is 1. The lowest BCUT2D eigenvalue weighted by atomic mass is 10.2. The summed E-state index contributed by atoms with van der Waals surface area (Å²) in [7, 11) is 0. The van der Waals surface area contributed by atoms with Crippen LogP contribution in [0.1, 0.15) is 15.9 Å². The molecule has 2 nitrogen and oxygen atoms in total. The molecular weight excluding hydrogens is 345 g/mol. The van der Waals surface area contributed by atoms with E-state index >= 15 is 0 Å². The third kappa shape index (κ3) is 1.99. The zero-order chi connectivity index (χ0) is 11.8. The minimum absolute atomic E-state index is 0.120. The lowest BCUT2D eigenvalue weighted by Gasteiger charge is -2.16. The van der Waals surface area contributed by atoms with Gasteiger partial charge in [0.1, 0.15) is 0 Å². The van der Waals surface area contributed by atoms with Gasteiger partial charge in [-0.15, -0.1) is 11.3 Å². The fourth-order valence-electron chi connectivity index (χ4n) is 2.13. The molecule has 2 heterocycles. The van der Waals surface area contributed by atoms with Gasteiger partial charge in [0.2, 0.25) is 0 Å². The Kier molecular flexibility index (Phi) is 2.92. The Morgan fingerprint density at radius 1 is 1.35 bits per heavy atom. The van der Waals surface area contributed by atoms with Crippen LogP contribution in [0.25, 0.3) is 0 Å². The third-order valence-corrected chi connectivity index (χ3v) is 4.74. The second kappa shape index (κ2) is 4.42. The molecule has 0 aliphatic carbocycles. The van der Waals surface area contributed by atoms with Crippen molar-refractivity contribution in [3.05, 3.63) is 49.7 Å². The summed E-state index contributed by atoms with van der Waals surface area (Å²) in [6, 6.07) is 10.1. The third-order valence-electron chi connectivity index (χ3n) is 2.95. The number of benzene rings is 1. The molecule has 0 saturated heterocycles. The molecule has 0 saturated carbocycles. The zero-order valence-electron chi connectivity index (χ0n) is 9.02. The van der Waals surface area contributed by atoms with Crippen LogP contribution in [0, 0.1) is 2.88 Å². The van der Waals surface area contributed by atoms with Crippen molar-refractivity contribution >= 4 is 45.5 Å². The van der Waals surface area contributed by atoms with Crippen molar-refractivity contribution in [2.24, 2.45) is 0 Å². The normalized spacial score (nSPS) is 13.8. The molecule has 1 aliphatic heterocycles. The van der Waals surface area contributed by atoms with Crippen LogP contribution in [-0.2, 0) is 6.42 Å². The van der Waals surface area contributed by atoms with E-state index in [4.69, 9.17) is 0 Å². The second-order valence-corrected chi connectivity index (χ2v) is 6.78. The maximum atomic E-state index is 12.4. The molecule has 0 spiro atoms. The van der Waals surface area contributed by atoms with Gasteiger partial charge in [-0.25, -0.2) is 0 Å². The highest BCUT2D eigenvalue weighted by Crippen LogP contribution is 2.29. The van der Waals surface area contributed by atoms with E-state index in [0.717, 1.165) is 27.1 Å². The van der Waals surface area contributed by atoms with E-state index in [9.17, 15) is 4.79 Å². The lowest BCUT2D eigenvalue weighted by molar-refractivity contribution is 0.0990. The Labute approximate surface area is 117 Å². The molecule has 0 atom stereocenters. The van der Waals surface area contributed by atoms with Gasteiger partial charge < -0.3 is 4.90 Å². The number of amides is 1. The summed E-state index contributed by atoms with van der Waals surface area (Å²) in [6.07, 6.45) is 0.961. The van der Waals surface area contributed by atoms with Crippen molar-refractivity contribution in [3.8, 4) is 0 Å². The van der Waals surface area contributed by atoms with Crippen molar-refractivity contribution in [1.29, 1.82) is 0 Å². The maximum Gasteiger partial charge on any atom is 0.259 e. The van der Waals surface area contributed by atoms with Crippen molar-refractivity contribution < 1.29 is 4.79 Å². The first-order chi connectivity index (χ1) is 8.25. The molecule has 1 aromatic carbocycles. The SMILES string of the molecule is O=C(c1csc(I)c1)N1CCc2ccccc21. The number of fused-ring (bicyclic) bond motifs is 1. The summed E-state index contributed by atoms with van der Waals surface area (Å²) in [5.74, 6) is 0.120. The summed E-state index contributed by atoms with van der Waals surface area (Å²) < 4.78 is 1.15. The number of carbonyl (C=O) groups excluding carboxylic acids is 1. The van der Waals surface area contributed by atoms with E-state index in [0.29, 0.717) is 0 Å². The van der Waals surface area contributed by atoms with E-state index in [-0.39, 0.29) is 5.91 Å². The highest BCUT2D eigenvalue weighted by Gasteiger charge is 2.25. The molecule has 4 heteroatoms. The Morgan fingerprint density at radius 3 is 2.94 bits per heavy atom. The van der Waals surface area contributed by atoms with Gasteiger partial charge >= 0.3 is 0 Å². The molecule has 0 N–H and O–H groups in total. The molecule has 0 fully saturated rings. The smallest absolute Gasteiger partial charge is 0.259 e. The van der Waals surface area contributed by atoms with Crippen molar-refractivity contribution in [1.82, 2.24) is 0 Å². The van der Waals surface area contributed by atoms with Crippen LogP contribution >= 0.6 is 33.9 Å². The first-order valence-electron chi connectivity index (χ1n) is 5.39. The Balaban J connectivity index is 1.95. The minimum atomic E-state index is 0.120. The summed E-state index contributed by atoms with van der Waals surface area (Å²) in [5.41, 5.74) is 3.14. The molecule has 86 valence electrons. The monoisotopic (exact) mass is 355 g/mol. The van der Waals surface area contributed by atoms with Crippen molar-refractivity contribution in [2.75, 3.05) is 11.4 Å². The van der Waals surface area contributed by atoms with E-state index in [1.165, 1.54) is 5.56 Å². The van der Waals surface area contributed by atoms with Crippen molar-refractivity contribution in [2.45, 2.75) is 6.42 Å². The van der Waals surface area contributed by atoms with Gasteiger partial charge in [-0.3, -0.25) is 4.79 Å². The summed E-state index contributed by atoms with van der Waals surface area (Å²) in [4.78, 5) is 14.2. The van der Waals surface area contributed by atoms with Crippen LogP contribution in [-0.4, -0.2) is 12.5 Å². The number of halogens is 1. The maximum absolute atomic E-state index is 12.4. The highest BCUT2D eigenvalue weighted by molar-refractivity contribution is 14.1. The Hall–Kier alpha value is -0.880. The number of nitrogens with zero attached hydrogens (tertiary/aromatic N) is 1. The topological polar surface area (TPSA) is 20.3 Å². The van der Waals surface area contributed by atoms with Gasteiger partial charge in [0.15, 0.2) is 0 Å². The minimum Gasteiger partial charge on any atom is -0.308 e. The fraction of sp³-hybridized carbons (Fsp3) is 0.154. The van der Waals surface area contributed by atoms with Crippen LogP contribution in [0.2, 0.25) is 0 Å². The first kappa shape index (κ1) is 11.2. The second-order valence-electron chi connectivity index (χ2n) is 3.97. The molecule has 0 unspecified atom stereocenters. The standard InChI is InChI=1S/C13H10INOS/c14-12-7-10(8-17-12)13(16)15-6-5-9-3-1-2-4-11(9)15/h1-4,7-8H,5-6H2. The molecule has 2 aromatic rings. The van der Waals surface area contributed by atoms with Crippen LogP contribution in [0.3, 0.4) is 0 Å². The molecule has 1 amide bonds. The molecule has 3 rings (SSSR count). The largest absolute Gasteiger partial charge is 0.308 e. The van der Waals surface area contributed by atoms with E-state index in [2.05, 4.69) is 28.7 Å². The summed E-state index contributed by atoms with van der Waals surface area (Å²) in [6.45, 7) is 0.796. The predicted molar refractivity (Wildman–Crippen MR) is 78.9 cm³/mol. The van der Waals surface area contributed by atoms with Crippen LogP contribution in [0.4, 0.5) is 5.69 Å². The van der Waals surface area contributed by atoms with Gasteiger partial charge in [0.05, 0.1) is 8.45 Å².